The summed E-state index contributed by atoms with van der Waals surface area (Å²) >= 11 is 0. The monoisotopic (exact) mass is 475 g/mol. The van der Waals surface area contributed by atoms with Crippen molar-refractivity contribution in [3.05, 3.63) is 74.1 Å². The molecule has 2 aromatic heterocycles. The average molecular weight is 476 g/mol. The Morgan fingerprint density at radius 1 is 1.17 bits per heavy atom. The molecule has 1 aromatic carbocycles. The summed E-state index contributed by atoms with van der Waals surface area (Å²) in [6.07, 6.45) is 3.91. The molecule has 1 aliphatic heterocycles. The van der Waals surface area contributed by atoms with E-state index in [2.05, 4.69) is 27.3 Å². The summed E-state index contributed by atoms with van der Waals surface area (Å²) in [5, 5.41) is 3.38. The molecule has 1 atom stereocenters. The van der Waals surface area contributed by atoms with Crippen molar-refractivity contribution in [1.29, 1.82) is 0 Å². The Bertz CT molecular complexity index is 1340. The highest BCUT2D eigenvalue weighted by Gasteiger charge is 2.30. The Balaban J connectivity index is 1.45. The van der Waals surface area contributed by atoms with Crippen LogP contribution in [0.1, 0.15) is 67.1 Å². The van der Waals surface area contributed by atoms with Crippen LogP contribution in [-0.2, 0) is 13.1 Å². The van der Waals surface area contributed by atoms with Gasteiger partial charge in [0, 0.05) is 37.3 Å². The second kappa shape index (κ2) is 9.77. The van der Waals surface area contributed by atoms with Crippen molar-refractivity contribution < 1.29 is 4.79 Å². The Morgan fingerprint density at radius 2 is 1.94 bits per heavy atom. The number of aromatic amines is 1. The zero-order chi connectivity index (χ0) is 24.5. The minimum absolute atomic E-state index is 0.00629. The highest BCUT2D eigenvalue weighted by atomic mass is 16.2. The number of piperidine rings is 1. The van der Waals surface area contributed by atoms with Gasteiger partial charge in [-0.1, -0.05) is 44.2 Å². The molecular weight excluding hydrogens is 442 g/mol. The third-order valence-electron chi connectivity index (χ3n) is 6.85. The minimum Gasteiger partial charge on any atom is -0.348 e. The first-order chi connectivity index (χ1) is 16.9. The molecule has 0 bridgehead atoms. The second-order valence-electron chi connectivity index (χ2n) is 10.4. The SMILES string of the molecule is CC(C)Cn1c(=O)[nH]c(=O)c2c(C(=O)N[C@@H]3CCCN(Cc4ccccc4)C3)cc(C3CC3)nc21. The molecule has 0 unspecified atom stereocenters. The summed E-state index contributed by atoms with van der Waals surface area (Å²) in [5.41, 5.74) is 1.64. The molecule has 1 saturated heterocycles. The molecule has 8 nitrogen and oxygen atoms in total. The van der Waals surface area contributed by atoms with Gasteiger partial charge in [-0.15, -0.1) is 0 Å². The lowest BCUT2D eigenvalue weighted by Crippen LogP contribution is -2.47. The number of fused-ring (bicyclic) bond motifs is 1. The number of carbonyl (C=O) groups excluding carboxylic acids is 1. The summed E-state index contributed by atoms with van der Waals surface area (Å²) in [7, 11) is 0. The van der Waals surface area contributed by atoms with Crippen molar-refractivity contribution >= 4 is 16.9 Å². The lowest BCUT2D eigenvalue weighted by atomic mass is 10.0. The molecule has 2 aliphatic rings. The van der Waals surface area contributed by atoms with Gasteiger partial charge in [-0.3, -0.25) is 24.0 Å². The van der Waals surface area contributed by atoms with Gasteiger partial charge in [-0.25, -0.2) is 9.78 Å². The van der Waals surface area contributed by atoms with Crippen LogP contribution >= 0.6 is 0 Å². The highest BCUT2D eigenvalue weighted by Crippen LogP contribution is 2.40. The molecule has 35 heavy (non-hydrogen) atoms. The van der Waals surface area contributed by atoms with Crippen LogP contribution in [0.15, 0.2) is 46.0 Å². The van der Waals surface area contributed by atoms with Gasteiger partial charge in [-0.05, 0) is 49.8 Å². The molecule has 3 heterocycles. The molecule has 5 rings (SSSR count). The van der Waals surface area contributed by atoms with Crippen molar-refractivity contribution in [3.8, 4) is 0 Å². The number of aromatic nitrogens is 3. The molecule has 0 radical (unpaired) electrons. The number of hydrogen-bond donors (Lipinski definition) is 2. The number of rotatable bonds is 7. The molecular formula is C27H33N5O3. The fourth-order valence-electron chi connectivity index (χ4n) is 5.02. The number of hydrogen-bond acceptors (Lipinski definition) is 5. The van der Waals surface area contributed by atoms with Gasteiger partial charge in [0.15, 0.2) is 5.65 Å². The Morgan fingerprint density at radius 3 is 2.66 bits per heavy atom. The van der Waals surface area contributed by atoms with E-state index in [1.54, 1.807) is 6.07 Å². The van der Waals surface area contributed by atoms with E-state index in [0.717, 1.165) is 51.0 Å². The highest BCUT2D eigenvalue weighted by molar-refractivity contribution is 6.05. The van der Waals surface area contributed by atoms with Crippen LogP contribution in [0.5, 0.6) is 0 Å². The molecule has 2 N–H and O–H groups in total. The summed E-state index contributed by atoms with van der Waals surface area (Å²) in [6, 6.07) is 12.1. The number of amides is 1. The van der Waals surface area contributed by atoms with E-state index in [-0.39, 0.29) is 29.2 Å². The largest absolute Gasteiger partial charge is 0.348 e. The number of likely N-dealkylation sites (tertiary alicyclic amines) is 1. The number of H-pyrrole nitrogens is 1. The Kier molecular flexibility index (Phi) is 6.56. The van der Waals surface area contributed by atoms with Gasteiger partial charge in [0.1, 0.15) is 0 Å². The summed E-state index contributed by atoms with van der Waals surface area (Å²) in [4.78, 5) is 48.6. The maximum absolute atomic E-state index is 13.6. The first-order valence-electron chi connectivity index (χ1n) is 12.6. The van der Waals surface area contributed by atoms with Crippen LogP contribution < -0.4 is 16.6 Å². The zero-order valence-corrected chi connectivity index (χ0v) is 20.4. The predicted octanol–water partition coefficient (Wildman–Crippen LogP) is 3.01. The number of nitrogens with zero attached hydrogens (tertiary/aromatic N) is 3. The van der Waals surface area contributed by atoms with Crippen molar-refractivity contribution in [2.45, 2.75) is 64.6 Å². The fourth-order valence-corrected chi connectivity index (χ4v) is 5.02. The Hall–Kier alpha value is -3.26. The van der Waals surface area contributed by atoms with E-state index in [4.69, 9.17) is 4.98 Å². The lowest BCUT2D eigenvalue weighted by molar-refractivity contribution is 0.0902. The number of carbonyl (C=O) groups is 1. The summed E-state index contributed by atoms with van der Waals surface area (Å²) < 4.78 is 1.51. The number of benzene rings is 1. The van der Waals surface area contributed by atoms with Crippen molar-refractivity contribution in [2.24, 2.45) is 5.92 Å². The molecule has 8 heteroatoms. The van der Waals surface area contributed by atoms with Crippen LogP contribution in [-0.4, -0.2) is 44.5 Å². The Labute approximate surface area is 204 Å². The van der Waals surface area contributed by atoms with E-state index < -0.39 is 11.2 Å². The second-order valence-corrected chi connectivity index (χ2v) is 10.4. The van der Waals surface area contributed by atoms with Gasteiger partial charge in [-0.2, -0.15) is 0 Å². The normalized spacial score (nSPS) is 18.8. The van der Waals surface area contributed by atoms with Crippen LogP contribution in [0.4, 0.5) is 0 Å². The third kappa shape index (κ3) is 5.22. The molecule has 184 valence electrons. The topological polar surface area (TPSA) is 100 Å². The van der Waals surface area contributed by atoms with E-state index in [0.29, 0.717) is 17.8 Å². The van der Waals surface area contributed by atoms with Gasteiger partial charge >= 0.3 is 5.69 Å². The van der Waals surface area contributed by atoms with Gasteiger partial charge < -0.3 is 5.32 Å². The van der Waals surface area contributed by atoms with Gasteiger partial charge in [0.05, 0.1) is 10.9 Å². The van der Waals surface area contributed by atoms with Crippen molar-refractivity contribution in [2.75, 3.05) is 13.1 Å². The van der Waals surface area contributed by atoms with Crippen molar-refractivity contribution in [3.63, 3.8) is 0 Å². The average Bonchev–Trinajstić information content (AvgIpc) is 3.67. The molecule has 3 aromatic rings. The van der Waals surface area contributed by atoms with Crippen LogP contribution in [0.2, 0.25) is 0 Å². The van der Waals surface area contributed by atoms with Crippen LogP contribution in [0, 0.1) is 5.92 Å². The van der Waals surface area contributed by atoms with Crippen molar-refractivity contribution in [1.82, 2.24) is 24.8 Å². The first kappa shape index (κ1) is 23.5. The zero-order valence-electron chi connectivity index (χ0n) is 20.4. The minimum atomic E-state index is -0.556. The van der Waals surface area contributed by atoms with Crippen LogP contribution in [0.3, 0.4) is 0 Å². The summed E-state index contributed by atoms with van der Waals surface area (Å²) in [5.74, 6) is 0.193. The summed E-state index contributed by atoms with van der Waals surface area (Å²) in [6.45, 7) is 7.03. The lowest BCUT2D eigenvalue weighted by Gasteiger charge is -2.33. The maximum Gasteiger partial charge on any atom is 0.330 e. The smallest absolute Gasteiger partial charge is 0.330 e. The molecule has 1 saturated carbocycles. The fraction of sp³-hybridized carbons (Fsp3) is 0.481. The van der Waals surface area contributed by atoms with Gasteiger partial charge in [0.2, 0.25) is 0 Å². The number of nitrogens with one attached hydrogen (secondary N) is 2. The van der Waals surface area contributed by atoms with E-state index >= 15 is 0 Å². The van der Waals surface area contributed by atoms with E-state index in [9.17, 15) is 14.4 Å². The molecule has 0 spiro atoms. The van der Waals surface area contributed by atoms with E-state index in [1.807, 2.05) is 32.0 Å². The third-order valence-corrected chi connectivity index (χ3v) is 6.85. The quantitative estimate of drug-likeness (QED) is 0.547. The maximum atomic E-state index is 13.6. The molecule has 1 amide bonds. The molecule has 2 fully saturated rings. The predicted molar refractivity (Wildman–Crippen MR) is 136 cm³/mol. The standard InChI is InChI=1S/C27H33N5O3/c1-17(2)14-32-24-23(26(34)30-27(32)35)21(13-22(29-24)19-10-11-19)25(33)28-20-9-6-12-31(16-20)15-18-7-4-3-5-8-18/h3-5,7-8,13,17,19-20H,6,9-12,14-16H2,1-2H3,(H,28,33)(H,30,34,35)/t20-/m1/s1. The molecule has 1 aliphatic carbocycles. The number of pyridine rings is 1. The van der Waals surface area contributed by atoms with Crippen LogP contribution in [0.25, 0.3) is 11.0 Å². The van der Waals surface area contributed by atoms with E-state index in [1.165, 1.54) is 10.1 Å². The van der Waals surface area contributed by atoms with Gasteiger partial charge in [0.25, 0.3) is 11.5 Å². The first-order valence-corrected chi connectivity index (χ1v) is 12.6.